The van der Waals surface area contributed by atoms with Crippen LogP contribution >= 0.6 is 0 Å². The van der Waals surface area contributed by atoms with Gasteiger partial charge in [-0.1, -0.05) is 0 Å². The number of furan rings is 1. The molecule has 14 heteroatoms. The van der Waals surface area contributed by atoms with Crippen molar-refractivity contribution >= 4 is 11.7 Å². The molecule has 0 spiro atoms. The number of hydrogen-bond acceptors (Lipinski definition) is 5. The van der Waals surface area contributed by atoms with Crippen molar-refractivity contribution in [3.63, 3.8) is 0 Å². The number of nitrogens with zero attached hydrogens (tertiary/aromatic N) is 2. The molecule has 168 valence electrons. The predicted molar refractivity (Wildman–Crippen MR) is 95.3 cm³/mol. The first-order chi connectivity index (χ1) is 14.9. The molecule has 0 amide bonds. The second kappa shape index (κ2) is 6.83. The highest BCUT2D eigenvalue weighted by Crippen LogP contribution is 2.55. The number of alkyl halides is 6. The van der Waals surface area contributed by atoms with E-state index in [1.54, 1.807) is 0 Å². The lowest BCUT2D eigenvalue weighted by molar-refractivity contribution is -0.301. The lowest BCUT2D eigenvalue weighted by Gasteiger charge is -2.38. The average molecular weight is 462 g/mol. The first kappa shape index (κ1) is 21.4. The molecule has 4 rings (SSSR count). The minimum atomic E-state index is -6.15. The number of rotatable bonds is 2. The van der Waals surface area contributed by atoms with Gasteiger partial charge in [-0.25, -0.2) is 18.7 Å². The van der Waals surface area contributed by atoms with Crippen LogP contribution in [0.4, 0.5) is 36.6 Å². The molecular weight excluding hydrogens is 453 g/mol. The number of hydrogen-bond donors (Lipinski definition) is 2. The monoisotopic (exact) mass is 462 g/mol. The molecule has 0 saturated heterocycles. The van der Waals surface area contributed by atoms with Gasteiger partial charge in [0.2, 0.25) is 0 Å². The Morgan fingerprint density at radius 3 is 2.12 bits per heavy atom. The summed E-state index contributed by atoms with van der Waals surface area (Å²) in [6.07, 6.45) is -11.3. The van der Waals surface area contributed by atoms with E-state index in [0.717, 1.165) is 36.6 Å². The molecule has 0 aliphatic carbocycles. The fraction of sp³-hybridized carbons (Fsp3) is 0.167. The molecule has 0 radical (unpaired) electrons. The third kappa shape index (κ3) is 3.01. The van der Waals surface area contributed by atoms with E-state index in [2.05, 4.69) is 10.3 Å². The van der Waals surface area contributed by atoms with Crippen LogP contribution in [0.15, 0.2) is 61.7 Å². The Bertz CT molecular complexity index is 1300. The molecule has 0 saturated carbocycles. The molecule has 2 N–H and O–H groups in total. The molecular formula is C18H9F7N4O3. The number of H-pyrrole nitrogens is 1. The summed E-state index contributed by atoms with van der Waals surface area (Å²) in [6.45, 7) is 0. The van der Waals surface area contributed by atoms with Crippen LogP contribution in [0.1, 0.15) is 11.3 Å². The van der Waals surface area contributed by atoms with E-state index in [9.17, 15) is 40.3 Å². The summed E-state index contributed by atoms with van der Waals surface area (Å²) >= 11 is 0. The van der Waals surface area contributed by atoms with Gasteiger partial charge in [-0.15, -0.1) is 0 Å². The van der Waals surface area contributed by atoms with Crippen molar-refractivity contribution in [2.75, 3.05) is 5.32 Å². The highest BCUT2D eigenvalue weighted by atomic mass is 19.4. The number of aromatic nitrogens is 2. The Balaban J connectivity index is 2.18. The Hall–Kier alpha value is -3.84. The van der Waals surface area contributed by atoms with E-state index >= 15 is 0 Å². The number of aromatic amines is 1. The highest BCUT2D eigenvalue weighted by molar-refractivity contribution is 6.08. The topological polar surface area (TPSA) is 92.4 Å². The third-order valence-corrected chi connectivity index (χ3v) is 4.65. The zero-order chi connectivity index (χ0) is 23.5. The van der Waals surface area contributed by atoms with Crippen LogP contribution in [0.5, 0.6) is 0 Å². The van der Waals surface area contributed by atoms with Crippen LogP contribution in [0.2, 0.25) is 0 Å². The number of halogens is 7. The molecule has 0 fully saturated rings. The number of anilines is 1. The van der Waals surface area contributed by atoms with Gasteiger partial charge in [-0.2, -0.15) is 26.3 Å². The molecule has 1 aromatic carbocycles. The van der Waals surface area contributed by atoms with Gasteiger partial charge in [0.25, 0.3) is 11.1 Å². The van der Waals surface area contributed by atoms with Gasteiger partial charge in [0.15, 0.2) is 11.6 Å². The maximum atomic E-state index is 14.1. The van der Waals surface area contributed by atoms with Crippen LogP contribution in [0, 0.1) is 5.82 Å². The maximum absolute atomic E-state index is 14.1. The van der Waals surface area contributed by atoms with Gasteiger partial charge in [-0.05, 0) is 36.4 Å². The van der Waals surface area contributed by atoms with Crippen molar-refractivity contribution in [3.05, 3.63) is 80.6 Å². The van der Waals surface area contributed by atoms with Crippen molar-refractivity contribution in [2.24, 2.45) is 4.99 Å². The third-order valence-electron chi connectivity index (χ3n) is 4.65. The molecule has 7 nitrogen and oxygen atoms in total. The van der Waals surface area contributed by atoms with Crippen LogP contribution < -0.4 is 16.6 Å². The van der Waals surface area contributed by atoms with E-state index < -0.39 is 57.9 Å². The average Bonchev–Trinajstić information content (AvgIpc) is 3.21. The Labute approximate surface area is 171 Å². The number of fused-ring (bicyclic) bond motifs is 1. The predicted octanol–water partition coefficient (Wildman–Crippen LogP) is 3.45. The first-order valence-electron chi connectivity index (χ1n) is 8.57. The summed E-state index contributed by atoms with van der Waals surface area (Å²) in [6, 6.07) is 5.72. The van der Waals surface area contributed by atoms with E-state index in [-0.39, 0.29) is 5.69 Å². The van der Waals surface area contributed by atoms with Crippen molar-refractivity contribution in [3.8, 4) is 5.69 Å². The van der Waals surface area contributed by atoms with Gasteiger partial charge in [0.05, 0.1) is 12.0 Å². The van der Waals surface area contributed by atoms with Crippen molar-refractivity contribution in [2.45, 2.75) is 17.9 Å². The molecule has 0 unspecified atom stereocenters. The van der Waals surface area contributed by atoms with Gasteiger partial charge >= 0.3 is 18.0 Å². The summed E-state index contributed by atoms with van der Waals surface area (Å²) in [5.41, 5.74) is -10.6. The lowest BCUT2D eigenvalue weighted by Crippen LogP contribution is -2.59. The van der Waals surface area contributed by atoms with E-state index in [4.69, 9.17) is 4.42 Å². The molecule has 3 heterocycles. The first-order valence-corrected chi connectivity index (χ1v) is 8.57. The van der Waals surface area contributed by atoms with E-state index in [1.165, 1.54) is 11.1 Å². The van der Waals surface area contributed by atoms with Crippen LogP contribution in [0.25, 0.3) is 5.69 Å². The molecule has 3 aromatic rings. The summed E-state index contributed by atoms with van der Waals surface area (Å²) in [7, 11) is 0. The lowest BCUT2D eigenvalue weighted by atomic mass is 9.88. The highest BCUT2D eigenvalue weighted by Gasteiger charge is 2.75. The summed E-state index contributed by atoms with van der Waals surface area (Å²) < 4.78 is 103. The van der Waals surface area contributed by atoms with Crippen molar-refractivity contribution in [1.82, 2.24) is 9.55 Å². The maximum Gasteiger partial charge on any atom is 0.427 e. The fourth-order valence-corrected chi connectivity index (χ4v) is 3.29. The molecule has 1 aliphatic rings. The Morgan fingerprint density at radius 2 is 1.59 bits per heavy atom. The normalized spacial score (nSPS) is 15.7. The quantitative estimate of drug-likeness (QED) is 0.571. The minimum Gasteiger partial charge on any atom is -0.461 e. The number of amidine groups is 1. The SMILES string of the molecule is O=c1[nH]c(=O)n(-c2ccc(F)cc2)c2c1C(C(F)(F)F)(C(F)(F)F)N=C(c1ccco1)N2. The second-order valence-corrected chi connectivity index (χ2v) is 6.56. The molecule has 0 bridgehead atoms. The number of aliphatic imine (C=N–C) groups is 1. The van der Waals surface area contributed by atoms with E-state index in [0.29, 0.717) is 4.57 Å². The number of benzene rings is 1. The minimum absolute atomic E-state index is 0.324. The van der Waals surface area contributed by atoms with Crippen LogP contribution in [0.3, 0.4) is 0 Å². The summed E-state index contributed by atoms with van der Waals surface area (Å²) in [5, 5.41) is 2.17. The zero-order valence-electron chi connectivity index (χ0n) is 15.3. The summed E-state index contributed by atoms with van der Waals surface area (Å²) in [5.74, 6) is -3.49. The largest absolute Gasteiger partial charge is 0.461 e. The fourth-order valence-electron chi connectivity index (χ4n) is 3.29. The summed E-state index contributed by atoms with van der Waals surface area (Å²) in [4.78, 5) is 29.1. The molecule has 32 heavy (non-hydrogen) atoms. The van der Waals surface area contributed by atoms with E-state index in [1.807, 2.05) is 0 Å². The zero-order valence-corrected chi connectivity index (χ0v) is 15.3. The van der Waals surface area contributed by atoms with Crippen molar-refractivity contribution in [1.29, 1.82) is 0 Å². The van der Waals surface area contributed by atoms with Crippen molar-refractivity contribution < 1.29 is 35.2 Å². The van der Waals surface area contributed by atoms with Gasteiger partial charge in [0, 0.05) is 0 Å². The molecule has 0 atom stereocenters. The van der Waals surface area contributed by atoms with Gasteiger partial charge in [-0.3, -0.25) is 9.78 Å². The Morgan fingerprint density at radius 1 is 0.969 bits per heavy atom. The smallest absolute Gasteiger partial charge is 0.427 e. The number of nitrogens with one attached hydrogen (secondary N) is 2. The second-order valence-electron chi connectivity index (χ2n) is 6.56. The molecule has 2 aromatic heterocycles. The van der Waals surface area contributed by atoms with Gasteiger partial charge in [0.1, 0.15) is 17.2 Å². The molecule has 1 aliphatic heterocycles. The van der Waals surface area contributed by atoms with Gasteiger partial charge < -0.3 is 9.73 Å². The van der Waals surface area contributed by atoms with Crippen LogP contribution in [-0.2, 0) is 5.54 Å². The van der Waals surface area contributed by atoms with Crippen LogP contribution in [-0.4, -0.2) is 27.7 Å². The standard InChI is InChI=1S/C18H9F7N4O3/c19-8-3-5-9(6-4-8)29-13-11(14(30)27-15(29)31)16(17(20,21)22,18(23,24)25)28-12(26-13)10-2-1-7-32-10/h1-7H,(H,26,28)(H,27,30,31). The Kier molecular flexibility index (Phi) is 4.57.